The first-order valence-electron chi connectivity index (χ1n) is 9.34. The van der Waals surface area contributed by atoms with E-state index in [4.69, 9.17) is 0 Å². The van der Waals surface area contributed by atoms with Crippen LogP contribution in [-0.2, 0) is 27.2 Å². The predicted octanol–water partition coefficient (Wildman–Crippen LogP) is 0.807. The van der Waals surface area contributed by atoms with Crippen LogP contribution in [0.3, 0.4) is 0 Å². The summed E-state index contributed by atoms with van der Waals surface area (Å²) in [5.41, 5.74) is 1.55. The second-order valence-electron chi connectivity index (χ2n) is 6.96. The maximum atomic E-state index is 12.7. The number of aromatic nitrogens is 5. The highest BCUT2D eigenvalue weighted by Crippen LogP contribution is 2.12. The monoisotopic (exact) mass is 404 g/mol. The van der Waals surface area contributed by atoms with Gasteiger partial charge in [-0.25, -0.2) is 9.78 Å². The molecule has 4 aromatic rings. The van der Waals surface area contributed by atoms with Gasteiger partial charge in [-0.1, -0.05) is 24.3 Å². The van der Waals surface area contributed by atoms with Crippen LogP contribution in [0.1, 0.15) is 21.5 Å². The number of hydrogen-bond acceptors (Lipinski definition) is 5. The molecule has 0 aliphatic heterocycles. The van der Waals surface area contributed by atoms with Crippen molar-refractivity contribution in [2.45, 2.75) is 13.1 Å². The summed E-state index contributed by atoms with van der Waals surface area (Å²) in [6, 6.07) is 11.1. The minimum Gasteiger partial charge on any atom is -0.348 e. The number of benzene rings is 1. The predicted molar refractivity (Wildman–Crippen MR) is 111 cm³/mol. The Labute approximate surface area is 171 Å². The van der Waals surface area contributed by atoms with Crippen molar-refractivity contribution < 1.29 is 4.79 Å². The molecule has 0 unspecified atom stereocenters. The number of carbonyl (C=O) groups is 1. The van der Waals surface area contributed by atoms with Crippen LogP contribution < -0.4 is 16.6 Å². The Morgan fingerprint density at radius 2 is 1.83 bits per heavy atom. The third-order valence-electron chi connectivity index (χ3n) is 5.00. The van der Waals surface area contributed by atoms with Crippen LogP contribution in [0.4, 0.5) is 0 Å². The van der Waals surface area contributed by atoms with Crippen molar-refractivity contribution in [3.63, 3.8) is 0 Å². The number of aryl methyl sites for hydroxylation is 1. The summed E-state index contributed by atoms with van der Waals surface area (Å²) < 4.78 is 4.09. The van der Waals surface area contributed by atoms with Gasteiger partial charge in [-0.15, -0.1) is 0 Å². The first-order valence-corrected chi connectivity index (χ1v) is 9.34. The van der Waals surface area contributed by atoms with Crippen LogP contribution in [0.5, 0.6) is 0 Å². The van der Waals surface area contributed by atoms with Crippen molar-refractivity contribution in [3.8, 4) is 0 Å². The molecule has 0 bridgehead atoms. The Hall–Kier alpha value is -4.01. The van der Waals surface area contributed by atoms with Gasteiger partial charge in [0.25, 0.3) is 11.5 Å². The summed E-state index contributed by atoms with van der Waals surface area (Å²) in [6.45, 7) is 0.917. The second-order valence-corrected chi connectivity index (χ2v) is 6.96. The molecule has 0 radical (unpaired) electrons. The van der Waals surface area contributed by atoms with Gasteiger partial charge in [0, 0.05) is 39.2 Å². The Bertz CT molecular complexity index is 1350. The van der Waals surface area contributed by atoms with Crippen molar-refractivity contribution in [1.82, 2.24) is 29.2 Å². The Kier molecular flexibility index (Phi) is 5.01. The molecule has 1 amide bonds. The topological polar surface area (TPSA) is 104 Å². The second kappa shape index (κ2) is 7.78. The number of amides is 1. The Morgan fingerprint density at radius 1 is 1.07 bits per heavy atom. The molecule has 1 N–H and O–H groups in total. The summed E-state index contributed by atoms with van der Waals surface area (Å²) >= 11 is 0. The van der Waals surface area contributed by atoms with Crippen molar-refractivity contribution in [3.05, 3.63) is 92.5 Å². The molecule has 3 heterocycles. The van der Waals surface area contributed by atoms with Gasteiger partial charge in [0.15, 0.2) is 0 Å². The molecule has 0 aliphatic rings. The molecule has 9 heteroatoms. The lowest BCUT2D eigenvalue weighted by atomic mass is 10.1. The standard InChI is InChI=1S/C21H20N6O3/c1-25-18-17(20(29)26(2)21(25)30)10-16(12-22-18)19(28)23-11-14-6-3-4-7-15(14)13-27-9-5-8-24-27/h3-10,12H,11,13H2,1-2H3,(H,23,28). The number of carbonyl (C=O) groups excluding carboxylic acids is 1. The van der Waals surface area contributed by atoms with Crippen LogP contribution in [0, 0.1) is 0 Å². The quantitative estimate of drug-likeness (QED) is 0.530. The minimum atomic E-state index is -0.486. The third-order valence-corrected chi connectivity index (χ3v) is 5.00. The number of nitrogens with zero attached hydrogens (tertiary/aromatic N) is 5. The van der Waals surface area contributed by atoms with E-state index in [-0.39, 0.29) is 22.5 Å². The molecule has 0 saturated carbocycles. The minimum absolute atomic E-state index is 0.214. The first kappa shape index (κ1) is 19.3. The molecule has 0 spiro atoms. The van der Waals surface area contributed by atoms with Gasteiger partial charge in [0.2, 0.25) is 0 Å². The molecule has 152 valence electrons. The number of nitrogens with one attached hydrogen (secondary N) is 1. The molecule has 30 heavy (non-hydrogen) atoms. The van der Waals surface area contributed by atoms with E-state index in [0.717, 1.165) is 15.7 Å². The van der Waals surface area contributed by atoms with E-state index in [9.17, 15) is 14.4 Å². The van der Waals surface area contributed by atoms with E-state index in [0.29, 0.717) is 13.1 Å². The third kappa shape index (κ3) is 3.52. The Balaban J connectivity index is 1.58. The molecule has 4 rings (SSSR count). The van der Waals surface area contributed by atoms with E-state index >= 15 is 0 Å². The molecule has 3 aromatic heterocycles. The SMILES string of the molecule is Cn1c(=O)c2cc(C(=O)NCc3ccccc3Cn3cccn3)cnc2n(C)c1=O. The van der Waals surface area contributed by atoms with Crippen LogP contribution in [0.25, 0.3) is 11.0 Å². The van der Waals surface area contributed by atoms with Crippen molar-refractivity contribution in [2.24, 2.45) is 14.1 Å². The summed E-state index contributed by atoms with van der Waals surface area (Å²) in [6.07, 6.45) is 4.97. The van der Waals surface area contributed by atoms with Crippen LogP contribution in [0.2, 0.25) is 0 Å². The molecule has 1 aromatic carbocycles. The summed E-state index contributed by atoms with van der Waals surface area (Å²) in [7, 11) is 2.93. The van der Waals surface area contributed by atoms with E-state index in [1.54, 1.807) is 6.20 Å². The maximum Gasteiger partial charge on any atom is 0.332 e. The zero-order valence-corrected chi connectivity index (χ0v) is 16.6. The van der Waals surface area contributed by atoms with Gasteiger partial charge in [0.1, 0.15) is 5.65 Å². The zero-order valence-electron chi connectivity index (χ0n) is 16.6. The van der Waals surface area contributed by atoms with E-state index < -0.39 is 11.2 Å². The molecule has 0 saturated heterocycles. The van der Waals surface area contributed by atoms with Crippen molar-refractivity contribution in [1.29, 1.82) is 0 Å². The fourth-order valence-corrected chi connectivity index (χ4v) is 3.32. The van der Waals surface area contributed by atoms with Gasteiger partial charge < -0.3 is 5.32 Å². The average molecular weight is 404 g/mol. The van der Waals surface area contributed by atoms with E-state index in [1.807, 2.05) is 41.2 Å². The molecular weight excluding hydrogens is 384 g/mol. The molecule has 9 nitrogen and oxygen atoms in total. The number of rotatable bonds is 5. The largest absolute Gasteiger partial charge is 0.348 e. The molecule has 0 aliphatic carbocycles. The number of fused-ring (bicyclic) bond motifs is 1. The van der Waals surface area contributed by atoms with Gasteiger partial charge in [-0.2, -0.15) is 5.10 Å². The average Bonchev–Trinajstić information content (AvgIpc) is 3.28. The van der Waals surface area contributed by atoms with Gasteiger partial charge in [-0.3, -0.25) is 23.4 Å². The highest BCUT2D eigenvalue weighted by molar-refractivity contribution is 5.96. The van der Waals surface area contributed by atoms with Gasteiger partial charge in [-0.05, 0) is 23.3 Å². The smallest absolute Gasteiger partial charge is 0.332 e. The normalized spacial score (nSPS) is 11.0. The van der Waals surface area contributed by atoms with Crippen LogP contribution in [-0.4, -0.2) is 29.8 Å². The van der Waals surface area contributed by atoms with Gasteiger partial charge in [0.05, 0.1) is 17.5 Å². The molecule has 0 fully saturated rings. The van der Waals surface area contributed by atoms with Crippen molar-refractivity contribution >= 4 is 16.9 Å². The summed E-state index contributed by atoms with van der Waals surface area (Å²) in [5, 5.41) is 7.31. The summed E-state index contributed by atoms with van der Waals surface area (Å²) in [4.78, 5) is 41.3. The fraction of sp³-hybridized carbons (Fsp3) is 0.190. The van der Waals surface area contributed by atoms with Crippen molar-refractivity contribution in [2.75, 3.05) is 0 Å². The lowest BCUT2D eigenvalue weighted by molar-refractivity contribution is 0.0950. The lowest BCUT2D eigenvalue weighted by Crippen LogP contribution is -2.37. The summed E-state index contributed by atoms with van der Waals surface area (Å²) in [5.74, 6) is -0.353. The molecule has 0 atom stereocenters. The Morgan fingerprint density at radius 3 is 2.57 bits per heavy atom. The van der Waals surface area contributed by atoms with Gasteiger partial charge >= 0.3 is 5.69 Å². The fourth-order valence-electron chi connectivity index (χ4n) is 3.32. The zero-order chi connectivity index (χ0) is 21.3. The van der Waals surface area contributed by atoms with E-state index in [1.165, 1.54) is 30.9 Å². The van der Waals surface area contributed by atoms with Crippen LogP contribution in [0.15, 0.2) is 64.6 Å². The number of hydrogen-bond donors (Lipinski definition) is 1. The lowest BCUT2D eigenvalue weighted by Gasteiger charge is -2.12. The highest BCUT2D eigenvalue weighted by atomic mass is 16.2. The molecular formula is C21H20N6O3. The first-order chi connectivity index (χ1) is 14.5. The van der Waals surface area contributed by atoms with E-state index in [2.05, 4.69) is 15.4 Å². The van der Waals surface area contributed by atoms with Crippen LogP contribution >= 0.6 is 0 Å². The highest BCUT2D eigenvalue weighted by Gasteiger charge is 2.14. The maximum absolute atomic E-state index is 12.7. The number of pyridine rings is 1.